The molecule has 5 heteroatoms. The molecule has 1 aromatic heterocycles. The molecule has 2 heterocycles. The number of aryl methyl sites for hydroxylation is 1. The van der Waals surface area contributed by atoms with Crippen molar-refractivity contribution in [3.8, 4) is 0 Å². The van der Waals surface area contributed by atoms with Gasteiger partial charge < -0.3 is 14.8 Å². The zero-order chi connectivity index (χ0) is 19.1. The number of carbonyl (C=O) groups is 2. The van der Waals surface area contributed by atoms with E-state index in [1.807, 2.05) is 35.8 Å². The largest absolute Gasteiger partial charge is 0.358 e. The van der Waals surface area contributed by atoms with Gasteiger partial charge in [-0.05, 0) is 48.9 Å². The number of aromatic nitrogens is 1. The van der Waals surface area contributed by atoms with Crippen LogP contribution in [0.5, 0.6) is 0 Å². The molecule has 0 saturated carbocycles. The molecular formula is C22H29N3O2. The van der Waals surface area contributed by atoms with Crippen LogP contribution in [0.4, 0.5) is 0 Å². The molecule has 1 aliphatic carbocycles. The van der Waals surface area contributed by atoms with Crippen LogP contribution in [0, 0.1) is 11.8 Å². The molecule has 1 N–H and O–H groups in total. The summed E-state index contributed by atoms with van der Waals surface area (Å²) < 4.78 is 0. The number of rotatable bonds is 2. The van der Waals surface area contributed by atoms with Gasteiger partial charge in [-0.25, -0.2) is 0 Å². The lowest BCUT2D eigenvalue weighted by molar-refractivity contribution is -0.135. The average molecular weight is 367 g/mol. The number of H-pyrrole nitrogens is 1. The molecule has 2 aromatic rings. The number of nitrogens with zero attached hydrogens (tertiary/aromatic N) is 2. The van der Waals surface area contributed by atoms with Crippen LogP contribution in [0.15, 0.2) is 18.2 Å². The first-order valence-corrected chi connectivity index (χ1v) is 10.2. The molecule has 1 fully saturated rings. The van der Waals surface area contributed by atoms with Crippen LogP contribution in [0.3, 0.4) is 0 Å². The van der Waals surface area contributed by atoms with Crippen LogP contribution in [0.2, 0.25) is 0 Å². The second kappa shape index (κ2) is 7.02. The predicted octanol–water partition coefficient (Wildman–Crippen LogP) is 3.23. The van der Waals surface area contributed by atoms with Crippen LogP contribution in [0.25, 0.3) is 10.9 Å². The van der Waals surface area contributed by atoms with E-state index in [2.05, 4.69) is 18.0 Å². The summed E-state index contributed by atoms with van der Waals surface area (Å²) in [4.78, 5) is 32.5. The zero-order valence-corrected chi connectivity index (χ0v) is 16.5. The van der Waals surface area contributed by atoms with E-state index in [0.29, 0.717) is 32.1 Å². The molecule has 1 aliphatic heterocycles. The molecule has 2 amide bonds. The molecule has 0 bridgehead atoms. The maximum Gasteiger partial charge on any atom is 0.253 e. The molecule has 27 heavy (non-hydrogen) atoms. The van der Waals surface area contributed by atoms with Crippen LogP contribution in [-0.4, -0.2) is 52.8 Å². The quantitative estimate of drug-likeness (QED) is 0.886. The zero-order valence-electron chi connectivity index (χ0n) is 16.5. The Morgan fingerprint density at radius 2 is 1.81 bits per heavy atom. The van der Waals surface area contributed by atoms with Crippen molar-refractivity contribution in [3.05, 3.63) is 35.0 Å². The molecule has 5 nitrogen and oxygen atoms in total. The lowest BCUT2D eigenvalue weighted by Gasteiger charge is -2.35. The summed E-state index contributed by atoms with van der Waals surface area (Å²) in [6.45, 7) is 8.62. The van der Waals surface area contributed by atoms with Gasteiger partial charge in [0.05, 0.1) is 0 Å². The summed E-state index contributed by atoms with van der Waals surface area (Å²) in [6, 6.07) is 6.04. The molecule has 2 aliphatic rings. The van der Waals surface area contributed by atoms with Gasteiger partial charge >= 0.3 is 0 Å². The Kier molecular flexibility index (Phi) is 4.70. The summed E-state index contributed by atoms with van der Waals surface area (Å²) in [5.74, 6) is 0.961. The van der Waals surface area contributed by atoms with E-state index in [-0.39, 0.29) is 17.7 Å². The fraction of sp³-hybridized carbons (Fsp3) is 0.545. The molecule has 1 saturated heterocycles. The van der Waals surface area contributed by atoms with Crippen molar-refractivity contribution in [2.24, 2.45) is 11.8 Å². The van der Waals surface area contributed by atoms with Gasteiger partial charge in [0.2, 0.25) is 5.91 Å². The number of carbonyl (C=O) groups excluding carboxylic acids is 2. The van der Waals surface area contributed by atoms with Gasteiger partial charge in [-0.3, -0.25) is 9.59 Å². The first-order valence-electron chi connectivity index (χ1n) is 10.2. The first-order chi connectivity index (χ1) is 12.9. The Morgan fingerprint density at radius 1 is 1.11 bits per heavy atom. The number of fused-ring (bicyclic) bond motifs is 3. The minimum atomic E-state index is 0.0109. The number of hydrogen-bond donors (Lipinski definition) is 1. The van der Waals surface area contributed by atoms with Crippen LogP contribution >= 0.6 is 0 Å². The monoisotopic (exact) mass is 367 g/mol. The normalized spacial score (nSPS) is 20.2. The van der Waals surface area contributed by atoms with Crippen molar-refractivity contribution >= 4 is 22.7 Å². The number of aromatic amines is 1. The maximum absolute atomic E-state index is 13.0. The SMILES string of the molecule is CC(C)C(=O)N1CCN(C(=O)c2ccc3[nH]c4c(c3c2)C[C@@H](C)CC4)CC1. The molecular weight excluding hydrogens is 338 g/mol. The highest BCUT2D eigenvalue weighted by molar-refractivity contribution is 5.99. The Bertz CT molecular complexity index is 875. The number of hydrogen-bond acceptors (Lipinski definition) is 2. The highest BCUT2D eigenvalue weighted by atomic mass is 16.2. The van der Waals surface area contributed by atoms with E-state index in [4.69, 9.17) is 0 Å². The molecule has 0 unspecified atom stereocenters. The van der Waals surface area contributed by atoms with Gasteiger partial charge in [-0.15, -0.1) is 0 Å². The van der Waals surface area contributed by atoms with Gasteiger partial charge in [0.25, 0.3) is 5.91 Å². The number of piperazine rings is 1. The van der Waals surface area contributed by atoms with E-state index in [9.17, 15) is 9.59 Å². The van der Waals surface area contributed by atoms with Gasteiger partial charge in [0, 0.05) is 54.3 Å². The van der Waals surface area contributed by atoms with Crippen molar-refractivity contribution in [1.82, 2.24) is 14.8 Å². The van der Waals surface area contributed by atoms with Crippen molar-refractivity contribution < 1.29 is 9.59 Å². The van der Waals surface area contributed by atoms with Crippen molar-refractivity contribution in [1.29, 1.82) is 0 Å². The minimum Gasteiger partial charge on any atom is -0.358 e. The van der Waals surface area contributed by atoms with E-state index < -0.39 is 0 Å². The summed E-state index contributed by atoms with van der Waals surface area (Å²) in [5.41, 5.74) is 4.63. The van der Waals surface area contributed by atoms with Gasteiger partial charge in [-0.1, -0.05) is 20.8 Å². The summed E-state index contributed by atoms with van der Waals surface area (Å²) in [6.07, 6.45) is 3.41. The third-order valence-corrected chi connectivity index (χ3v) is 6.05. The maximum atomic E-state index is 13.0. The fourth-order valence-corrected chi connectivity index (χ4v) is 4.40. The summed E-state index contributed by atoms with van der Waals surface area (Å²) in [5, 5.41) is 1.20. The third-order valence-electron chi connectivity index (χ3n) is 6.05. The van der Waals surface area contributed by atoms with Gasteiger partial charge in [0.1, 0.15) is 0 Å². The average Bonchev–Trinajstić information content (AvgIpc) is 3.04. The standard InChI is InChI=1S/C22H29N3O2/c1-14(2)21(26)24-8-10-25(11-9-24)22(27)16-5-7-20-18(13-16)17-12-15(3)4-6-19(17)23-20/h5,7,13-15,23H,4,6,8-12H2,1-3H3/t15-/m0/s1. The first kappa shape index (κ1) is 18.1. The topological polar surface area (TPSA) is 56.4 Å². The lowest BCUT2D eigenvalue weighted by Crippen LogP contribution is -2.51. The molecule has 1 atom stereocenters. The molecule has 1 aromatic carbocycles. The third kappa shape index (κ3) is 3.35. The molecule has 4 rings (SSSR count). The number of amides is 2. The van der Waals surface area contributed by atoms with Gasteiger partial charge in [-0.2, -0.15) is 0 Å². The Morgan fingerprint density at radius 3 is 2.52 bits per heavy atom. The number of nitrogens with one attached hydrogen (secondary N) is 1. The highest BCUT2D eigenvalue weighted by Gasteiger charge is 2.27. The Balaban J connectivity index is 1.52. The minimum absolute atomic E-state index is 0.0109. The van der Waals surface area contributed by atoms with E-state index in [0.717, 1.165) is 23.9 Å². The molecule has 0 radical (unpaired) electrons. The van der Waals surface area contributed by atoms with Crippen LogP contribution in [-0.2, 0) is 17.6 Å². The fourth-order valence-electron chi connectivity index (χ4n) is 4.40. The van der Waals surface area contributed by atoms with Crippen LogP contribution < -0.4 is 0 Å². The summed E-state index contributed by atoms with van der Waals surface area (Å²) in [7, 11) is 0. The van der Waals surface area contributed by atoms with Crippen molar-refractivity contribution in [3.63, 3.8) is 0 Å². The van der Waals surface area contributed by atoms with E-state index in [1.165, 1.54) is 23.1 Å². The van der Waals surface area contributed by atoms with E-state index in [1.54, 1.807) is 0 Å². The molecule has 144 valence electrons. The van der Waals surface area contributed by atoms with Crippen molar-refractivity contribution in [2.75, 3.05) is 26.2 Å². The lowest BCUT2D eigenvalue weighted by atomic mass is 9.87. The van der Waals surface area contributed by atoms with Crippen molar-refractivity contribution in [2.45, 2.75) is 40.0 Å². The van der Waals surface area contributed by atoms with E-state index >= 15 is 0 Å². The smallest absolute Gasteiger partial charge is 0.253 e. The second-order valence-corrected chi connectivity index (χ2v) is 8.46. The number of benzene rings is 1. The highest BCUT2D eigenvalue weighted by Crippen LogP contribution is 2.32. The van der Waals surface area contributed by atoms with Crippen LogP contribution in [0.1, 0.15) is 48.8 Å². The summed E-state index contributed by atoms with van der Waals surface area (Å²) >= 11 is 0. The Labute approximate surface area is 160 Å². The Hall–Kier alpha value is -2.30. The molecule has 0 spiro atoms. The van der Waals surface area contributed by atoms with Gasteiger partial charge in [0.15, 0.2) is 0 Å². The predicted molar refractivity (Wildman–Crippen MR) is 107 cm³/mol. The second-order valence-electron chi connectivity index (χ2n) is 8.46.